The molecule has 0 radical (unpaired) electrons. The maximum atomic E-state index is 5.79. The van der Waals surface area contributed by atoms with Crippen LogP contribution in [0.15, 0.2) is 48.5 Å². The highest BCUT2D eigenvalue weighted by Gasteiger charge is 2.03. The number of hydrogen-bond acceptors (Lipinski definition) is 3. The van der Waals surface area contributed by atoms with Gasteiger partial charge in [0, 0.05) is 19.6 Å². The number of benzene rings is 2. The van der Waals surface area contributed by atoms with Crippen LogP contribution in [-0.2, 0) is 17.6 Å². The van der Waals surface area contributed by atoms with Crippen LogP contribution >= 0.6 is 0 Å². The molecule has 2 aromatic carbocycles. The standard InChI is InChI=1S/C23H33NO2/c1-4-24(5-2)16-8-17-26-18-15-20-11-13-21(14-12-20)19-22-9-6-7-10-23(22)25-3/h6-7,9-14H,4-5,8,15-19H2,1-3H3. The molecule has 0 amide bonds. The number of rotatable bonds is 12. The van der Waals surface area contributed by atoms with Crippen molar-refractivity contribution in [3.8, 4) is 5.75 Å². The summed E-state index contributed by atoms with van der Waals surface area (Å²) in [5.41, 5.74) is 3.86. The number of nitrogens with zero attached hydrogens (tertiary/aromatic N) is 1. The molecule has 0 unspecified atom stereocenters. The summed E-state index contributed by atoms with van der Waals surface area (Å²) in [6, 6.07) is 17.1. The number of hydrogen-bond donors (Lipinski definition) is 0. The van der Waals surface area contributed by atoms with Gasteiger partial charge in [-0.3, -0.25) is 0 Å². The van der Waals surface area contributed by atoms with E-state index < -0.39 is 0 Å². The van der Waals surface area contributed by atoms with Gasteiger partial charge in [0.2, 0.25) is 0 Å². The normalized spacial score (nSPS) is 11.1. The predicted molar refractivity (Wildman–Crippen MR) is 109 cm³/mol. The van der Waals surface area contributed by atoms with E-state index in [-0.39, 0.29) is 0 Å². The topological polar surface area (TPSA) is 21.7 Å². The van der Waals surface area contributed by atoms with E-state index >= 15 is 0 Å². The van der Waals surface area contributed by atoms with Crippen molar-refractivity contribution in [2.75, 3.05) is 40.0 Å². The first-order valence-corrected chi connectivity index (χ1v) is 9.76. The molecule has 0 aliphatic heterocycles. The zero-order valence-electron chi connectivity index (χ0n) is 16.5. The molecule has 0 saturated heterocycles. The lowest BCUT2D eigenvalue weighted by molar-refractivity contribution is 0.124. The third-order valence-corrected chi connectivity index (χ3v) is 4.80. The van der Waals surface area contributed by atoms with Crippen molar-refractivity contribution in [3.05, 3.63) is 65.2 Å². The van der Waals surface area contributed by atoms with Gasteiger partial charge in [-0.2, -0.15) is 0 Å². The predicted octanol–water partition coefficient (Wildman–Crippen LogP) is 4.58. The van der Waals surface area contributed by atoms with E-state index in [2.05, 4.69) is 55.1 Å². The summed E-state index contributed by atoms with van der Waals surface area (Å²) in [5.74, 6) is 0.953. The molecule has 2 rings (SSSR count). The van der Waals surface area contributed by atoms with Crippen LogP contribution in [0.3, 0.4) is 0 Å². The summed E-state index contributed by atoms with van der Waals surface area (Å²) in [6.45, 7) is 9.44. The molecule has 0 heterocycles. The second-order valence-corrected chi connectivity index (χ2v) is 6.55. The van der Waals surface area contributed by atoms with Crippen molar-refractivity contribution in [1.29, 1.82) is 0 Å². The van der Waals surface area contributed by atoms with E-state index in [1.165, 1.54) is 16.7 Å². The van der Waals surface area contributed by atoms with E-state index in [9.17, 15) is 0 Å². The molecule has 0 spiro atoms. The fourth-order valence-corrected chi connectivity index (χ4v) is 3.11. The quantitative estimate of drug-likeness (QED) is 0.520. The van der Waals surface area contributed by atoms with Crippen LogP contribution in [0, 0.1) is 0 Å². The van der Waals surface area contributed by atoms with E-state index in [1.807, 2.05) is 12.1 Å². The molecular formula is C23H33NO2. The second kappa shape index (κ2) is 11.7. The summed E-state index contributed by atoms with van der Waals surface area (Å²) >= 11 is 0. The van der Waals surface area contributed by atoms with Crippen molar-refractivity contribution in [2.45, 2.75) is 33.1 Å². The minimum Gasteiger partial charge on any atom is -0.496 e. The molecule has 0 N–H and O–H groups in total. The molecule has 0 aliphatic carbocycles. The lowest BCUT2D eigenvalue weighted by Crippen LogP contribution is -2.24. The zero-order valence-corrected chi connectivity index (χ0v) is 16.5. The maximum Gasteiger partial charge on any atom is 0.122 e. The molecule has 0 fully saturated rings. The van der Waals surface area contributed by atoms with Gasteiger partial charge in [0.1, 0.15) is 5.75 Å². The van der Waals surface area contributed by atoms with Crippen molar-refractivity contribution < 1.29 is 9.47 Å². The first-order valence-electron chi connectivity index (χ1n) is 9.76. The smallest absolute Gasteiger partial charge is 0.122 e. The lowest BCUT2D eigenvalue weighted by Gasteiger charge is -2.17. The first-order chi connectivity index (χ1) is 12.8. The van der Waals surface area contributed by atoms with Crippen LogP contribution in [0.5, 0.6) is 5.75 Å². The number of methoxy groups -OCH3 is 1. The highest BCUT2D eigenvalue weighted by Crippen LogP contribution is 2.21. The van der Waals surface area contributed by atoms with Crippen LogP contribution in [0.25, 0.3) is 0 Å². The molecule has 3 nitrogen and oxygen atoms in total. The summed E-state index contributed by atoms with van der Waals surface area (Å²) in [5, 5.41) is 0. The average Bonchev–Trinajstić information content (AvgIpc) is 2.69. The van der Waals surface area contributed by atoms with Crippen LogP contribution in [0.4, 0.5) is 0 Å². The molecule has 142 valence electrons. The van der Waals surface area contributed by atoms with Gasteiger partial charge in [0.25, 0.3) is 0 Å². The van der Waals surface area contributed by atoms with Gasteiger partial charge in [-0.1, -0.05) is 56.3 Å². The fourth-order valence-electron chi connectivity index (χ4n) is 3.11. The Morgan fingerprint density at radius 3 is 2.23 bits per heavy atom. The van der Waals surface area contributed by atoms with Gasteiger partial charge in [-0.15, -0.1) is 0 Å². The maximum absolute atomic E-state index is 5.79. The highest BCUT2D eigenvalue weighted by atomic mass is 16.5. The Morgan fingerprint density at radius 1 is 0.846 bits per heavy atom. The summed E-state index contributed by atoms with van der Waals surface area (Å²) in [7, 11) is 1.73. The van der Waals surface area contributed by atoms with Gasteiger partial charge in [-0.25, -0.2) is 0 Å². The Hall–Kier alpha value is -1.84. The Balaban J connectivity index is 1.71. The van der Waals surface area contributed by atoms with E-state index in [1.54, 1.807) is 7.11 Å². The summed E-state index contributed by atoms with van der Waals surface area (Å²) in [6.07, 6.45) is 2.98. The molecular weight excluding hydrogens is 322 g/mol. The Labute approximate surface area is 158 Å². The van der Waals surface area contributed by atoms with Gasteiger partial charge in [-0.05, 0) is 48.7 Å². The molecule has 0 saturated carbocycles. The molecule has 0 aliphatic rings. The Morgan fingerprint density at radius 2 is 1.54 bits per heavy atom. The van der Waals surface area contributed by atoms with Gasteiger partial charge in [0.15, 0.2) is 0 Å². The largest absolute Gasteiger partial charge is 0.496 e. The molecule has 0 bridgehead atoms. The molecule has 2 aromatic rings. The van der Waals surface area contributed by atoms with Gasteiger partial charge in [0.05, 0.1) is 13.7 Å². The molecule has 0 aromatic heterocycles. The third-order valence-electron chi connectivity index (χ3n) is 4.80. The van der Waals surface area contributed by atoms with E-state index in [0.29, 0.717) is 0 Å². The Bertz CT molecular complexity index is 620. The van der Waals surface area contributed by atoms with Crippen LogP contribution in [0.1, 0.15) is 37.0 Å². The summed E-state index contributed by atoms with van der Waals surface area (Å²) < 4.78 is 11.2. The molecule has 26 heavy (non-hydrogen) atoms. The number of ether oxygens (including phenoxy) is 2. The van der Waals surface area contributed by atoms with E-state index in [4.69, 9.17) is 9.47 Å². The second-order valence-electron chi connectivity index (χ2n) is 6.55. The monoisotopic (exact) mass is 355 g/mol. The van der Waals surface area contributed by atoms with Crippen molar-refractivity contribution in [2.24, 2.45) is 0 Å². The minimum absolute atomic E-state index is 0.796. The molecule has 0 atom stereocenters. The Kier molecular flexibility index (Phi) is 9.22. The SMILES string of the molecule is CCN(CC)CCCOCCc1ccc(Cc2ccccc2OC)cc1. The fraction of sp³-hybridized carbons (Fsp3) is 0.478. The lowest BCUT2D eigenvalue weighted by atomic mass is 10.0. The highest BCUT2D eigenvalue weighted by molar-refractivity contribution is 5.38. The van der Waals surface area contributed by atoms with Crippen molar-refractivity contribution in [1.82, 2.24) is 4.90 Å². The minimum atomic E-state index is 0.796. The van der Waals surface area contributed by atoms with Crippen LogP contribution in [0.2, 0.25) is 0 Å². The van der Waals surface area contributed by atoms with Crippen LogP contribution < -0.4 is 4.74 Å². The molecule has 3 heteroatoms. The first kappa shape index (κ1) is 20.5. The number of para-hydroxylation sites is 1. The average molecular weight is 356 g/mol. The third kappa shape index (κ3) is 6.81. The van der Waals surface area contributed by atoms with Crippen molar-refractivity contribution in [3.63, 3.8) is 0 Å². The summed E-state index contributed by atoms with van der Waals surface area (Å²) in [4.78, 5) is 2.43. The van der Waals surface area contributed by atoms with Gasteiger partial charge < -0.3 is 14.4 Å². The van der Waals surface area contributed by atoms with Gasteiger partial charge >= 0.3 is 0 Å². The zero-order chi connectivity index (χ0) is 18.6. The van der Waals surface area contributed by atoms with E-state index in [0.717, 1.165) is 57.9 Å². The van der Waals surface area contributed by atoms with Crippen LogP contribution in [-0.4, -0.2) is 44.9 Å². The van der Waals surface area contributed by atoms with Crippen molar-refractivity contribution >= 4 is 0 Å².